The molecule has 1 atom stereocenters. The van der Waals surface area contributed by atoms with Crippen LogP contribution in [0.4, 0.5) is 5.69 Å². The fourth-order valence-electron chi connectivity index (χ4n) is 3.54. The summed E-state index contributed by atoms with van der Waals surface area (Å²) >= 11 is 0. The number of amides is 1. The van der Waals surface area contributed by atoms with Crippen molar-refractivity contribution in [1.82, 2.24) is 4.90 Å². The molecule has 1 aromatic heterocycles. The maximum Gasteiger partial charge on any atom is 0.291 e. The summed E-state index contributed by atoms with van der Waals surface area (Å²) in [5.41, 5.74) is 0.710. The Morgan fingerprint density at radius 3 is 2.67 bits per heavy atom. The Morgan fingerprint density at radius 2 is 1.93 bits per heavy atom. The van der Waals surface area contributed by atoms with E-state index in [1.807, 2.05) is 30.3 Å². The van der Waals surface area contributed by atoms with Gasteiger partial charge >= 0.3 is 0 Å². The third-order valence-electron chi connectivity index (χ3n) is 5.04. The smallest absolute Gasteiger partial charge is 0.291 e. The minimum absolute atomic E-state index is 0.193. The number of anilines is 1. The van der Waals surface area contributed by atoms with E-state index in [1.165, 1.54) is 12.8 Å². The Balaban J connectivity index is 1.27. The van der Waals surface area contributed by atoms with Crippen LogP contribution in [0.3, 0.4) is 0 Å². The minimum atomic E-state index is -0.240. The van der Waals surface area contributed by atoms with Crippen LogP contribution in [0.5, 0.6) is 5.75 Å². The van der Waals surface area contributed by atoms with Crippen molar-refractivity contribution in [3.63, 3.8) is 0 Å². The lowest BCUT2D eigenvalue weighted by Gasteiger charge is -2.12. The lowest BCUT2D eigenvalue weighted by Crippen LogP contribution is -2.18. The zero-order chi connectivity index (χ0) is 18.5. The van der Waals surface area contributed by atoms with E-state index >= 15 is 0 Å². The molecule has 2 fully saturated rings. The minimum Gasteiger partial charge on any atom is -0.491 e. The summed E-state index contributed by atoms with van der Waals surface area (Å²) < 4.78 is 17.0. The molecule has 0 radical (unpaired) electrons. The van der Waals surface area contributed by atoms with Crippen molar-refractivity contribution in [2.45, 2.75) is 38.3 Å². The van der Waals surface area contributed by atoms with Crippen LogP contribution in [-0.4, -0.2) is 43.2 Å². The van der Waals surface area contributed by atoms with Crippen LogP contribution in [0.25, 0.3) is 0 Å². The second-order valence-electron chi connectivity index (χ2n) is 7.17. The molecule has 0 aliphatic carbocycles. The molecule has 1 N–H and O–H groups in total. The fraction of sp³-hybridized carbons (Fsp3) is 0.476. The van der Waals surface area contributed by atoms with Gasteiger partial charge in [0.25, 0.3) is 5.91 Å². The van der Waals surface area contributed by atoms with Crippen molar-refractivity contribution < 1.29 is 18.7 Å². The maximum atomic E-state index is 12.4. The molecular weight excluding hydrogens is 344 g/mol. The quantitative estimate of drug-likeness (QED) is 0.805. The summed E-state index contributed by atoms with van der Waals surface area (Å²) in [5, 5.41) is 2.86. The predicted molar refractivity (Wildman–Crippen MR) is 102 cm³/mol. The molecule has 6 heteroatoms. The summed E-state index contributed by atoms with van der Waals surface area (Å²) in [7, 11) is 0. The van der Waals surface area contributed by atoms with Gasteiger partial charge in [-0.05, 0) is 75.2 Å². The first-order valence-electron chi connectivity index (χ1n) is 9.73. The van der Waals surface area contributed by atoms with Crippen molar-refractivity contribution in [3.8, 4) is 5.75 Å². The predicted octanol–water partition coefficient (Wildman–Crippen LogP) is 3.69. The Bertz CT molecular complexity index is 744. The second-order valence-corrected chi connectivity index (χ2v) is 7.17. The van der Waals surface area contributed by atoms with Crippen molar-refractivity contribution in [2.24, 2.45) is 0 Å². The molecule has 0 bridgehead atoms. The summed E-state index contributed by atoms with van der Waals surface area (Å²) in [6, 6.07) is 11.0. The molecule has 1 aromatic carbocycles. The van der Waals surface area contributed by atoms with E-state index in [-0.39, 0.29) is 12.0 Å². The first kappa shape index (κ1) is 18.1. The number of carbonyl (C=O) groups is 1. The normalized spacial score (nSPS) is 20.1. The summed E-state index contributed by atoms with van der Waals surface area (Å²) in [6.07, 6.45) is 4.82. The van der Waals surface area contributed by atoms with E-state index in [0.717, 1.165) is 50.6 Å². The zero-order valence-corrected chi connectivity index (χ0v) is 15.5. The van der Waals surface area contributed by atoms with Crippen LogP contribution >= 0.6 is 0 Å². The molecule has 1 amide bonds. The molecule has 4 rings (SSSR count). The van der Waals surface area contributed by atoms with Crippen LogP contribution in [0.1, 0.15) is 42.0 Å². The molecule has 144 valence electrons. The van der Waals surface area contributed by atoms with Gasteiger partial charge in [-0.25, -0.2) is 0 Å². The van der Waals surface area contributed by atoms with Crippen LogP contribution in [-0.2, 0) is 11.3 Å². The number of nitrogens with one attached hydrogen (secondary N) is 1. The standard InChI is InChI=1S/C21H26N2O4/c24-21(20-10-9-18(27-20)14-23-11-1-2-12-23)22-16-5-7-17(8-6-16)26-15-19-4-3-13-25-19/h5-10,19H,1-4,11-15H2,(H,22,24). The molecule has 0 saturated carbocycles. The molecule has 2 aliphatic rings. The highest BCUT2D eigenvalue weighted by Gasteiger charge is 2.17. The van der Waals surface area contributed by atoms with Crippen molar-refractivity contribution in [2.75, 3.05) is 31.6 Å². The van der Waals surface area contributed by atoms with E-state index in [4.69, 9.17) is 13.9 Å². The molecule has 27 heavy (non-hydrogen) atoms. The number of nitrogens with zero attached hydrogens (tertiary/aromatic N) is 1. The fourth-order valence-corrected chi connectivity index (χ4v) is 3.54. The highest BCUT2D eigenvalue weighted by atomic mass is 16.5. The number of carbonyl (C=O) groups excluding carboxylic acids is 1. The van der Waals surface area contributed by atoms with Crippen LogP contribution in [0.15, 0.2) is 40.8 Å². The highest BCUT2D eigenvalue weighted by Crippen LogP contribution is 2.20. The van der Waals surface area contributed by atoms with Gasteiger partial charge in [0.15, 0.2) is 5.76 Å². The lowest BCUT2D eigenvalue weighted by molar-refractivity contribution is 0.0679. The number of likely N-dealkylation sites (tertiary alicyclic amines) is 1. The van der Waals surface area contributed by atoms with E-state index in [9.17, 15) is 4.79 Å². The molecule has 0 spiro atoms. The SMILES string of the molecule is O=C(Nc1ccc(OCC2CCCO2)cc1)c1ccc(CN2CCCC2)o1. The third kappa shape index (κ3) is 4.90. The first-order chi connectivity index (χ1) is 13.3. The Hall–Kier alpha value is -2.31. The first-order valence-corrected chi connectivity index (χ1v) is 9.73. The molecule has 2 aliphatic heterocycles. The lowest BCUT2D eigenvalue weighted by atomic mass is 10.2. The largest absolute Gasteiger partial charge is 0.491 e. The summed E-state index contributed by atoms with van der Waals surface area (Å²) in [6.45, 7) is 4.36. The average molecular weight is 370 g/mol. The number of ether oxygens (including phenoxy) is 2. The Labute approximate surface area is 159 Å². The number of rotatable bonds is 7. The van der Waals surface area contributed by atoms with Crippen molar-refractivity contribution >= 4 is 11.6 Å². The van der Waals surface area contributed by atoms with E-state index in [0.29, 0.717) is 18.1 Å². The number of benzene rings is 1. The highest BCUT2D eigenvalue weighted by molar-refractivity contribution is 6.02. The molecule has 6 nitrogen and oxygen atoms in total. The van der Waals surface area contributed by atoms with Gasteiger partial charge in [-0.15, -0.1) is 0 Å². The molecule has 2 saturated heterocycles. The maximum absolute atomic E-state index is 12.4. The molecule has 3 heterocycles. The van der Waals surface area contributed by atoms with E-state index in [1.54, 1.807) is 6.07 Å². The summed E-state index contributed by atoms with van der Waals surface area (Å²) in [4.78, 5) is 14.7. The second kappa shape index (κ2) is 8.59. The topological polar surface area (TPSA) is 63.9 Å². The van der Waals surface area contributed by atoms with Gasteiger partial charge in [-0.1, -0.05) is 0 Å². The number of hydrogen-bond acceptors (Lipinski definition) is 5. The zero-order valence-electron chi connectivity index (χ0n) is 15.5. The molecule has 1 unspecified atom stereocenters. The van der Waals surface area contributed by atoms with Crippen molar-refractivity contribution in [3.05, 3.63) is 47.9 Å². The van der Waals surface area contributed by atoms with E-state index < -0.39 is 0 Å². The summed E-state index contributed by atoms with van der Waals surface area (Å²) in [5.74, 6) is 1.70. The van der Waals surface area contributed by atoms with Crippen LogP contribution in [0, 0.1) is 0 Å². The average Bonchev–Trinajstić information content (AvgIpc) is 3.45. The van der Waals surface area contributed by atoms with Crippen molar-refractivity contribution in [1.29, 1.82) is 0 Å². The Kier molecular flexibility index (Phi) is 5.75. The van der Waals surface area contributed by atoms with Crippen LogP contribution < -0.4 is 10.1 Å². The number of hydrogen-bond donors (Lipinski definition) is 1. The van der Waals surface area contributed by atoms with E-state index in [2.05, 4.69) is 10.2 Å². The van der Waals surface area contributed by atoms with Gasteiger partial charge in [0, 0.05) is 12.3 Å². The number of furan rings is 1. The van der Waals surface area contributed by atoms with Gasteiger partial charge < -0.3 is 19.2 Å². The third-order valence-corrected chi connectivity index (χ3v) is 5.04. The van der Waals surface area contributed by atoms with Gasteiger partial charge in [-0.2, -0.15) is 0 Å². The van der Waals surface area contributed by atoms with Gasteiger partial charge in [0.05, 0.1) is 12.6 Å². The monoisotopic (exact) mass is 370 g/mol. The molecule has 2 aromatic rings. The van der Waals surface area contributed by atoms with Crippen LogP contribution in [0.2, 0.25) is 0 Å². The molecular formula is C21H26N2O4. The van der Waals surface area contributed by atoms with Gasteiger partial charge in [-0.3, -0.25) is 9.69 Å². The Morgan fingerprint density at radius 1 is 1.11 bits per heavy atom. The van der Waals surface area contributed by atoms with Gasteiger partial charge in [0.1, 0.15) is 18.1 Å². The van der Waals surface area contributed by atoms with Gasteiger partial charge in [0.2, 0.25) is 0 Å².